The summed E-state index contributed by atoms with van der Waals surface area (Å²) in [6.07, 6.45) is -3.51. The Morgan fingerprint density at radius 2 is 1.52 bits per heavy atom. The van der Waals surface area contributed by atoms with E-state index in [2.05, 4.69) is 36.7 Å². The molecule has 246 valence electrons. The third-order valence-electron chi connectivity index (χ3n) is 8.91. The van der Waals surface area contributed by atoms with Gasteiger partial charge in [0.25, 0.3) is 16.0 Å². The van der Waals surface area contributed by atoms with E-state index in [0.717, 1.165) is 5.41 Å². The van der Waals surface area contributed by atoms with Crippen LogP contribution >= 0.6 is 0 Å². The van der Waals surface area contributed by atoms with E-state index in [1.165, 1.54) is 19.1 Å². The molecule has 1 spiro atoms. The Bertz CT molecular complexity index is 1400. The molecule has 0 aromatic heterocycles. The monoisotopic (exact) mass is 669 g/mol. The number of hydrogen-bond donors (Lipinski definition) is 3. The Kier molecular flexibility index (Phi) is 10.2. The van der Waals surface area contributed by atoms with Crippen molar-refractivity contribution >= 4 is 44.6 Å². The van der Waals surface area contributed by atoms with E-state index in [4.69, 9.17) is 17.8 Å². The molecule has 0 bridgehead atoms. The summed E-state index contributed by atoms with van der Waals surface area (Å²) in [5.74, 6) is -1.13. The smallest absolute Gasteiger partial charge is 0.326 e. The molecular formula is C29H47N3O9SSi2. The summed E-state index contributed by atoms with van der Waals surface area (Å²) < 4.78 is 51.9. The summed E-state index contributed by atoms with van der Waals surface area (Å²) in [7, 11) is -9.52. The van der Waals surface area contributed by atoms with Gasteiger partial charge in [0.15, 0.2) is 28.5 Å². The summed E-state index contributed by atoms with van der Waals surface area (Å²) >= 11 is 0. The van der Waals surface area contributed by atoms with Gasteiger partial charge in [-0.25, -0.2) is 8.98 Å². The standard InChI is InChI=1S/C29H47N3O9SSi2/c1-19(33)30-25-23(40-44(10,11)28(5,6)7)29(22(39-25)17-38-43(8,9)27(2,3)4)21(18-42(36,37)41-29)31-26(35)32-24(34)20-15-13-12-14-16-20/h12-16,18,22-23,25H,17H2,1-11H3,(H,30,33)(H2,31,32,34,35)/t22-,23+,25-,29-/m1/s1. The van der Waals surface area contributed by atoms with Crippen LogP contribution < -0.4 is 16.0 Å². The number of imide groups is 1. The number of rotatable bonds is 8. The van der Waals surface area contributed by atoms with Crippen molar-refractivity contribution in [2.75, 3.05) is 6.61 Å². The summed E-state index contributed by atoms with van der Waals surface area (Å²) in [5, 5.41) is 7.77. The Labute approximate surface area is 263 Å². The fraction of sp³-hybridized carbons (Fsp3) is 0.621. The number of urea groups is 1. The predicted octanol–water partition coefficient (Wildman–Crippen LogP) is 4.34. The minimum absolute atomic E-state index is 0.122. The lowest BCUT2D eigenvalue weighted by Gasteiger charge is -2.44. The average molecular weight is 670 g/mol. The van der Waals surface area contributed by atoms with Crippen LogP contribution in [-0.2, 0) is 32.7 Å². The highest BCUT2D eigenvalue weighted by molar-refractivity contribution is 7.90. The molecule has 0 aliphatic carbocycles. The maximum Gasteiger partial charge on any atom is 0.326 e. The highest BCUT2D eigenvalue weighted by Crippen LogP contribution is 2.49. The van der Waals surface area contributed by atoms with Gasteiger partial charge in [0.2, 0.25) is 5.91 Å². The first kappa shape index (κ1) is 36.1. The zero-order chi connectivity index (χ0) is 33.5. The minimum Gasteiger partial charge on any atom is -0.414 e. The fourth-order valence-electron chi connectivity index (χ4n) is 4.35. The van der Waals surface area contributed by atoms with Crippen molar-refractivity contribution in [1.29, 1.82) is 0 Å². The van der Waals surface area contributed by atoms with Crippen molar-refractivity contribution in [2.45, 2.75) is 109 Å². The Balaban J connectivity index is 2.12. The number of hydrogen-bond acceptors (Lipinski definition) is 9. The second-order valence-corrected chi connectivity index (χ2v) is 25.2. The van der Waals surface area contributed by atoms with E-state index in [1.54, 1.807) is 18.2 Å². The number of benzene rings is 1. The average Bonchev–Trinajstić information content (AvgIpc) is 3.28. The molecule has 4 atom stereocenters. The lowest BCUT2D eigenvalue weighted by atomic mass is 9.89. The van der Waals surface area contributed by atoms with Gasteiger partial charge in [-0.15, -0.1) is 0 Å². The molecular weight excluding hydrogens is 623 g/mol. The molecule has 1 fully saturated rings. The van der Waals surface area contributed by atoms with Crippen molar-refractivity contribution in [2.24, 2.45) is 0 Å². The molecule has 2 aliphatic rings. The molecule has 1 aromatic carbocycles. The Morgan fingerprint density at radius 3 is 2.05 bits per heavy atom. The second kappa shape index (κ2) is 12.4. The predicted molar refractivity (Wildman–Crippen MR) is 171 cm³/mol. The summed E-state index contributed by atoms with van der Waals surface area (Å²) in [5.41, 5.74) is -1.93. The molecule has 2 heterocycles. The second-order valence-electron chi connectivity index (χ2n) is 14.3. The molecule has 4 amide bonds. The number of carbonyl (C=O) groups is 3. The number of nitrogens with one attached hydrogen (secondary N) is 3. The minimum atomic E-state index is -4.40. The fourth-order valence-corrected chi connectivity index (χ4v) is 7.89. The van der Waals surface area contributed by atoms with Crippen LogP contribution in [0, 0.1) is 0 Å². The van der Waals surface area contributed by atoms with Crippen molar-refractivity contribution in [3.8, 4) is 0 Å². The van der Waals surface area contributed by atoms with Crippen LogP contribution in [0.2, 0.25) is 36.3 Å². The largest absolute Gasteiger partial charge is 0.414 e. The van der Waals surface area contributed by atoms with Gasteiger partial charge in [0.05, 0.1) is 17.7 Å². The van der Waals surface area contributed by atoms with Crippen molar-refractivity contribution < 1.29 is 40.6 Å². The highest BCUT2D eigenvalue weighted by Gasteiger charge is 2.67. The van der Waals surface area contributed by atoms with Crippen LogP contribution in [0.5, 0.6) is 0 Å². The first-order valence-electron chi connectivity index (χ1n) is 14.5. The van der Waals surface area contributed by atoms with Gasteiger partial charge >= 0.3 is 6.03 Å². The van der Waals surface area contributed by atoms with E-state index in [-0.39, 0.29) is 27.9 Å². The van der Waals surface area contributed by atoms with Gasteiger partial charge in [-0.3, -0.25) is 14.9 Å². The normalized spacial score (nSPS) is 25.4. The molecule has 44 heavy (non-hydrogen) atoms. The Hall–Kier alpha value is -2.41. The van der Waals surface area contributed by atoms with Crippen LogP contribution in [-0.4, -0.2) is 73.5 Å². The number of ether oxygens (including phenoxy) is 1. The molecule has 0 unspecified atom stereocenters. The molecule has 3 N–H and O–H groups in total. The highest BCUT2D eigenvalue weighted by atomic mass is 32.2. The lowest BCUT2D eigenvalue weighted by Crippen LogP contribution is -2.62. The van der Waals surface area contributed by atoms with E-state index >= 15 is 0 Å². The van der Waals surface area contributed by atoms with Gasteiger partial charge in [0, 0.05) is 12.5 Å². The molecule has 3 rings (SSSR count). The van der Waals surface area contributed by atoms with Crippen LogP contribution in [0.4, 0.5) is 4.79 Å². The van der Waals surface area contributed by atoms with E-state index < -0.39 is 68.6 Å². The summed E-state index contributed by atoms with van der Waals surface area (Å²) in [4.78, 5) is 38.3. The molecule has 1 saturated heterocycles. The molecule has 0 saturated carbocycles. The van der Waals surface area contributed by atoms with E-state index in [9.17, 15) is 22.8 Å². The third-order valence-corrected chi connectivity index (χ3v) is 18.9. The van der Waals surface area contributed by atoms with Crippen LogP contribution in [0.15, 0.2) is 41.4 Å². The quantitative estimate of drug-likeness (QED) is 0.271. The van der Waals surface area contributed by atoms with Crippen molar-refractivity contribution in [1.82, 2.24) is 16.0 Å². The van der Waals surface area contributed by atoms with Gasteiger partial charge in [0.1, 0.15) is 12.2 Å². The maximum absolute atomic E-state index is 13.2. The summed E-state index contributed by atoms with van der Waals surface area (Å²) in [6, 6.07) is 7.11. The van der Waals surface area contributed by atoms with E-state index in [1.807, 2.05) is 47.0 Å². The first-order chi connectivity index (χ1) is 19.9. The lowest BCUT2D eigenvalue weighted by molar-refractivity contribution is -0.125. The zero-order valence-corrected chi connectivity index (χ0v) is 30.3. The van der Waals surface area contributed by atoms with Gasteiger partial charge in [-0.2, -0.15) is 8.42 Å². The topological polar surface area (TPSA) is 158 Å². The molecule has 15 heteroatoms. The number of amides is 4. The maximum atomic E-state index is 13.2. The zero-order valence-electron chi connectivity index (χ0n) is 27.5. The molecule has 0 radical (unpaired) electrons. The van der Waals surface area contributed by atoms with Crippen molar-refractivity contribution in [3.63, 3.8) is 0 Å². The molecule has 12 nitrogen and oxygen atoms in total. The molecule has 1 aromatic rings. The SMILES string of the molecule is CC(=O)N[C@@H]1O[C@H](CO[Si](C)(C)C(C)(C)C)[C@@]2(OS(=O)(=O)C=C2NC(=O)NC(=O)c2ccccc2)[C@H]1O[Si](C)(C)C(C)(C)C. The van der Waals surface area contributed by atoms with Crippen LogP contribution in [0.3, 0.4) is 0 Å². The van der Waals surface area contributed by atoms with Gasteiger partial charge in [-0.1, -0.05) is 59.7 Å². The first-order valence-corrected chi connectivity index (χ1v) is 21.8. The van der Waals surface area contributed by atoms with Crippen LogP contribution in [0.25, 0.3) is 0 Å². The van der Waals surface area contributed by atoms with Crippen molar-refractivity contribution in [3.05, 3.63) is 47.0 Å². The summed E-state index contributed by atoms with van der Waals surface area (Å²) in [6.45, 7) is 21.4. The molecule has 2 aliphatic heterocycles. The Morgan fingerprint density at radius 1 is 0.955 bits per heavy atom. The van der Waals surface area contributed by atoms with E-state index in [0.29, 0.717) is 0 Å². The number of carbonyl (C=O) groups excluding carboxylic acids is 3. The van der Waals surface area contributed by atoms with Gasteiger partial charge < -0.3 is 24.2 Å². The van der Waals surface area contributed by atoms with Gasteiger partial charge in [-0.05, 0) is 48.4 Å². The van der Waals surface area contributed by atoms with Crippen LogP contribution in [0.1, 0.15) is 58.8 Å². The third kappa shape index (κ3) is 7.69.